The number of H-pyrrole nitrogens is 1. The lowest BCUT2D eigenvalue weighted by atomic mass is 9.73. The SMILES string of the molecule is Cc1cc(C(=O)CN2C(=O)N[C@]3(CCCC[C@H]3C)C2=O)c(C)[nH]1. The number of amides is 3. The zero-order valence-electron chi connectivity index (χ0n) is 13.9. The van der Waals surface area contributed by atoms with Crippen molar-refractivity contribution in [2.45, 2.75) is 52.0 Å². The molecule has 6 heteroatoms. The molecule has 1 saturated carbocycles. The summed E-state index contributed by atoms with van der Waals surface area (Å²) in [6, 6.07) is 1.32. The molecule has 1 saturated heterocycles. The highest BCUT2D eigenvalue weighted by atomic mass is 16.2. The summed E-state index contributed by atoms with van der Waals surface area (Å²) < 4.78 is 0. The Morgan fingerprint density at radius 2 is 2.09 bits per heavy atom. The van der Waals surface area contributed by atoms with Crippen molar-refractivity contribution >= 4 is 17.7 Å². The molecule has 3 rings (SSSR count). The number of carbonyl (C=O) groups is 3. The molecule has 1 aromatic rings. The van der Waals surface area contributed by atoms with E-state index in [-0.39, 0.29) is 24.2 Å². The minimum atomic E-state index is -0.807. The fourth-order valence-electron chi connectivity index (χ4n) is 3.88. The van der Waals surface area contributed by atoms with Crippen LogP contribution < -0.4 is 5.32 Å². The van der Waals surface area contributed by atoms with Crippen LogP contribution in [-0.4, -0.2) is 39.7 Å². The Balaban J connectivity index is 1.81. The number of hydrogen-bond acceptors (Lipinski definition) is 3. The highest BCUT2D eigenvalue weighted by Crippen LogP contribution is 2.38. The van der Waals surface area contributed by atoms with Crippen LogP contribution in [0.5, 0.6) is 0 Å². The quantitative estimate of drug-likeness (QED) is 0.663. The van der Waals surface area contributed by atoms with Crippen molar-refractivity contribution in [2.24, 2.45) is 5.92 Å². The molecule has 1 aliphatic heterocycles. The largest absolute Gasteiger partial charge is 0.362 e. The van der Waals surface area contributed by atoms with Gasteiger partial charge >= 0.3 is 6.03 Å². The van der Waals surface area contributed by atoms with Gasteiger partial charge in [-0.3, -0.25) is 14.5 Å². The summed E-state index contributed by atoms with van der Waals surface area (Å²) >= 11 is 0. The second kappa shape index (κ2) is 5.51. The second-order valence-corrected chi connectivity index (χ2v) is 6.85. The minimum absolute atomic E-state index is 0.101. The van der Waals surface area contributed by atoms with Gasteiger partial charge in [0.1, 0.15) is 5.54 Å². The number of imide groups is 1. The Morgan fingerprint density at radius 1 is 1.35 bits per heavy atom. The molecule has 6 nitrogen and oxygen atoms in total. The summed E-state index contributed by atoms with van der Waals surface area (Å²) in [7, 11) is 0. The molecule has 1 aliphatic carbocycles. The van der Waals surface area contributed by atoms with Crippen LogP contribution in [0.15, 0.2) is 6.07 Å². The number of aromatic amines is 1. The first kappa shape index (κ1) is 15.8. The van der Waals surface area contributed by atoms with E-state index in [1.54, 1.807) is 6.07 Å². The van der Waals surface area contributed by atoms with Gasteiger partial charge < -0.3 is 10.3 Å². The molecular formula is C17H23N3O3. The monoisotopic (exact) mass is 317 g/mol. The summed E-state index contributed by atoms with van der Waals surface area (Å²) in [6.45, 7) is 5.49. The molecule has 0 bridgehead atoms. The molecule has 1 aromatic heterocycles. The standard InChI is InChI=1S/C17H23N3O3/c1-10-6-4-5-7-17(10)15(22)20(16(23)19-17)9-14(21)13-8-11(2)18-12(13)3/h8,10,18H,4-7,9H2,1-3H3,(H,19,23)/t10-,17+/m1/s1. The van der Waals surface area contributed by atoms with Gasteiger partial charge in [0.25, 0.3) is 5.91 Å². The van der Waals surface area contributed by atoms with Crippen molar-refractivity contribution in [2.75, 3.05) is 6.54 Å². The first-order valence-electron chi connectivity index (χ1n) is 8.18. The zero-order chi connectivity index (χ0) is 16.8. The third-order valence-corrected chi connectivity index (χ3v) is 5.25. The van der Waals surface area contributed by atoms with E-state index in [2.05, 4.69) is 10.3 Å². The number of Topliss-reactive ketones (excluding diaryl/α,β-unsaturated/α-hetero) is 1. The lowest BCUT2D eigenvalue weighted by Gasteiger charge is -2.36. The van der Waals surface area contributed by atoms with Gasteiger partial charge in [-0.1, -0.05) is 19.8 Å². The molecular weight excluding hydrogens is 294 g/mol. The van der Waals surface area contributed by atoms with E-state index in [1.165, 1.54) is 0 Å². The van der Waals surface area contributed by atoms with Gasteiger partial charge in [0.05, 0.1) is 6.54 Å². The van der Waals surface area contributed by atoms with E-state index in [1.807, 2.05) is 20.8 Å². The predicted octanol–water partition coefficient (Wildman–Crippen LogP) is 2.31. The van der Waals surface area contributed by atoms with Crippen molar-refractivity contribution in [3.05, 3.63) is 23.0 Å². The van der Waals surface area contributed by atoms with Gasteiger partial charge in [0.15, 0.2) is 5.78 Å². The summed E-state index contributed by atoms with van der Waals surface area (Å²) in [6.07, 6.45) is 3.58. The fraction of sp³-hybridized carbons (Fsp3) is 0.588. The highest BCUT2D eigenvalue weighted by molar-refractivity contribution is 6.11. The Labute approximate surface area is 135 Å². The van der Waals surface area contributed by atoms with Gasteiger partial charge in [0, 0.05) is 17.0 Å². The van der Waals surface area contributed by atoms with Gasteiger partial charge in [-0.25, -0.2) is 4.79 Å². The van der Waals surface area contributed by atoms with Crippen LogP contribution in [0.25, 0.3) is 0 Å². The van der Waals surface area contributed by atoms with Gasteiger partial charge in [-0.15, -0.1) is 0 Å². The molecule has 124 valence electrons. The van der Waals surface area contributed by atoms with Crippen LogP contribution >= 0.6 is 0 Å². The molecule has 2 fully saturated rings. The lowest BCUT2D eigenvalue weighted by Crippen LogP contribution is -2.54. The van der Waals surface area contributed by atoms with Crippen molar-refractivity contribution in [3.63, 3.8) is 0 Å². The van der Waals surface area contributed by atoms with Crippen molar-refractivity contribution in [1.82, 2.24) is 15.2 Å². The number of nitrogens with one attached hydrogen (secondary N) is 2. The Bertz CT molecular complexity index is 679. The third kappa shape index (κ3) is 2.46. The normalized spacial score (nSPS) is 27.6. The van der Waals surface area contributed by atoms with E-state index >= 15 is 0 Å². The maximum atomic E-state index is 12.8. The van der Waals surface area contributed by atoms with Crippen molar-refractivity contribution < 1.29 is 14.4 Å². The first-order valence-corrected chi connectivity index (χ1v) is 8.18. The average Bonchev–Trinajstić information content (AvgIpc) is 2.95. The van der Waals surface area contributed by atoms with E-state index in [4.69, 9.17) is 0 Å². The number of ketones is 1. The molecule has 3 amide bonds. The maximum absolute atomic E-state index is 12.8. The van der Waals surface area contributed by atoms with Crippen LogP contribution in [0.4, 0.5) is 4.79 Å². The summed E-state index contributed by atoms with van der Waals surface area (Å²) in [5, 5.41) is 2.87. The molecule has 23 heavy (non-hydrogen) atoms. The number of hydrogen-bond donors (Lipinski definition) is 2. The maximum Gasteiger partial charge on any atom is 0.325 e. The summed E-state index contributed by atoms with van der Waals surface area (Å²) in [5.74, 6) is -0.354. The van der Waals surface area contributed by atoms with E-state index < -0.39 is 11.6 Å². The average molecular weight is 317 g/mol. The molecule has 0 aromatic carbocycles. The Morgan fingerprint density at radius 3 is 2.70 bits per heavy atom. The number of urea groups is 1. The fourth-order valence-corrected chi connectivity index (χ4v) is 3.88. The van der Waals surface area contributed by atoms with Crippen molar-refractivity contribution in [3.8, 4) is 0 Å². The zero-order valence-corrected chi connectivity index (χ0v) is 13.9. The number of aryl methyl sites for hydroxylation is 2. The van der Waals surface area contributed by atoms with Crippen LogP contribution in [0.1, 0.15) is 54.4 Å². The number of nitrogens with zero attached hydrogens (tertiary/aromatic N) is 1. The van der Waals surface area contributed by atoms with E-state index in [0.29, 0.717) is 12.0 Å². The van der Waals surface area contributed by atoms with Crippen LogP contribution in [0.2, 0.25) is 0 Å². The Hall–Kier alpha value is -2.11. The predicted molar refractivity (Wildman–Crippen MR) is 85.2 cm³/mol. The second-order valence-electron chi connectivity index (χ2n) is 6.85. The number of aromatic nitrogens is 1. The van der Waals surface area contributed by atoms with Crippen molar-refractivity contribution in [1.29, 1.82) is 0 Å². The van der Waals surface area contributed by atoms with Crippen LogP contribution in [0.3, 0.4) is 0 Å². The van der Waals surface area contributed by atoms with E-state index in [0.717, 1.165) is 35.6 Å². The summed E-state index contributed by atoms with van der Waals surface area (Å²) in [4.78, 5) is 41.8. The smallest absolute Gasteiger partial charge is 0.325 e. The third-order valence-electron chi connectivity index (χ3n) is 5.25. The van der Waals surface area contributed by atoms with Gasteiger partial charge in [0.2, 0.25) is 0 Å². The molecule has 2 aliphatic rings. The summed E-state index contributed by atoms with van der Waals surface area (Å²) in [5.41, 5.74) is 1.39. The van der Waals surface area contributed by atoms with Gasteiger partial charge in [-0.2, -0.15) is 0 Å². The topological polar surface area (TPSA) is 82.3 Å². The molecule has 1 spiro atoms. The molecule has 2 N–H and O–H groups in total. The molecule has 0 radical (unpaired) electrons. The van der Waals surface area contributed by atoms with Gasteiger partial charge in [-0.05, 0) is 38.7 Å². The molecule has 2 heterocycles. The van der Waals surface area contributed by atoms with Crippen LogP contribution in [-0.2, 0) is 4.79 Å². The van der Waals surface area contributed by atoms with Crippen LogP contribution in [0, 0.1) is 19.8 Å². The molecule has 2 atom stereocenters. The minimum Gasteiger partial charge on any atom is -0.362 e. The number of carbonyl (C=O) groups excluding carboxylic acids is 3. The Kier molecular flexibility index (Phi) is 3.78. The lowest BCUT2D eigenvalue weighted by molar-refractivity contribution is -0.133. The van der Waals surface area contributed by atoms with E-state index in [9.17, 15) is 14.4 Å². The first-order chi connectivity index (χ1) is 10.8. The highest BCUT2D eigenvalue weighted by Gasteiger charge is 2.55. The number of rotatable bonds is 3. The molecule has 0 unspecified atom stereocenters.